The summed E-state index contributed by atoms with van der Waals surface area (Å²) < 4.78 is 7.26. The van der Waals surface area contributed by atoms with E-state index in [0.717, 1.165) is 34.8 Å². The van der Waals surface area contributed by atoms with Crippen molar-refractivity contribution in [3.8, 4) is 0 Å². The summed E-state index contributed by atoms with van der Waals surface area (Å²) in [7, 11) is 0. The van der Waals surface area contributed by atoms with Crippen molar-refractivity contribution >= 4 is 17.5 Å². The molecule has 0 amide bonds. The third-order valence-corrected chi connectivity index (χ3v) is 5.32. The maximum absolute atomic E-state index is 13.2. The van der Waals surface area contributed by atoms with Crippen LogP contribution in [0.1, 0.15) is 51.7 Å². The van der Waals surface area contributed by atoms with Crippen molar-refractivity contribution in [1.82, 2.24) is 14.9 Å². The second-order valence-electron chi connectivity index (χ2n) is 6.36. The molecule has 2 heterocycles. The summed E-state index contributed by atoms with van der Waals surface area (Å²) in [5.41, 5.74) is 3.32. The van der Waals surface area contributed by atoms with Crippen LogP contribution in [-0.4, -0.2) is 27.0 Å². The molecule has 0 radical (unpaired) electrons. The molecule has 0 saturated heterocycles. The van der Waals surface area contributed by atoms with Crippen molar-refractivity contribution in [2.75, 3.05) is 6.26 Å². The van der Waals surface area contributed by atoms with Crippen LogP contribution in [0.5, 0.6) is 0 Å². The van der Waals surface area contributed by atoms with E-state index in [-0.39, 0.29) is 5.78 Å². The second-order valence-corrected chi connectivity index (χ2v) is 7.24. The van der Waals surface area contributed by atoms with Gasteiger partial charge in [-0.1, -0.05) is 5.16 Å². The highest BCUT2D eigenvalue weighted by Gasteiger charge is 2.33. The van der Waals surface area contributed by atoms with Crippen LogP contribution in [0, 0.1) is 6.92 Å². The van der Waals surface area contributed by atoms with Gasteiger partial charge in [0.1, 0.15) is 0 Å². The van der Waals surface area contributed by atoms with Crippen LogP contribution in [0.2, 0.25) is 0 Å². The molecule has 5 nitrogen and oxygen atoms in total. The smallest absolute Gasteiger partial charge is 0.198 e. The molecule has 2 aromatic heterocycles. The molecule has 1 aromatic carbocycles. The van der Waals surface area contributed by atoms with E-state index in [1.54, 1.807) is 24.2 Å². The topological polar surface area (TPSA) is 60.9 Å². The normalized spacial score (nSPS) is 14.0. The van der Waals surface area contributed by atoms with E-state index in [2.05, 4.69) is 16.3 Å². The summed E-state index contributed by atoms with van der Waals surface area (Å²) in [5, 5.41) is 8.22. The average molecular weight is 353 g/mol. The van der Waals surface area contributed by atoms with Gasteiger partial charge in [0.15, 0.2) is 11.5 Å². The molecule has 1 aliphatic carbocycles. The van der Waals surface area contributed by atoms with Gasteiger partial charge in [-0.3, -0.25) is 9.48 Å². The van der Waals surface area contributed by atoms with Crippen molar-refractivity contribution in [2.24, 2.45) is 0 Å². The van der Waals surface area contributed by atoms with Crippen LogP contribution in [0.15, 0.2) is 46.1 Å². The molecule has 3 aromatic rings. The monoisotopic (exact) mass is 353 g/mol. The Kier molecular flexibility index (Phi) is 4.21. The number of carbonyl (C=O) groups is 1. The minimum absolute atomic E-state index is 0.0180. The predicted octanol–water partition coefficient (Wildman–Crippen LogP) is 4.06. The number of aromatic nitrogens is 3. The molecule has 6 heteroatoms. The highest BCUT2D eigenvalue weighted by Crippen LogP contribution is 2.42. The Morgan fingerprint density at radius 1 is 1.32 bits per heavy atom. The molecule has 0 unspecified atom stereocenters. The number of hydrogen-bond donors (Lipinski definition) is 0. The fourth-order valence-corrected chi connectivity index (χ4v) is 3.44. The number of ketones is 1. The second kappa shape index (κ2) is 6.52. The van der Waals surface area contributed by atoms with E-state index in [1.165, 1.54) is 0 Å². The molecule has 0 atom stereocenters. The number of carbonyl (C=O) groups excluding carboxylic acids is 1. The third kappa shape index (κ3) is 3.14. The minimum atomic E-state index is -0.0180. The lowest BCUT2D eigenvalue weighted by molar-refractivity contribution is 0.103. The Morgan fingerprint density at radius 3 is 2.84 bits per heavy atom. The number of benzene rings is 1. The van der Waals surface area contributed by atoms with Crippen LogP contribution in [0.3, 0.4) is 0 Å². The number of rotatable bonds is 6. The Bertz CT molecular complexity index is 924. The summed E-state index contributed by atoms with van der Waals surface area (Å²) in [4.78, 5) is 14.3. The number of thioether (sulfide) groups is 1. The predicted molar refractivity (Wildman–Crippen MR) is 96.2 cm³/mol. The van der Waals surface area contributed by atoms with Crippen molar-refractivity contribution in [3.63, 3.8) is 0 Å². The van der Waals surface area contributed by atoms with Crippen LogP contribution < -0.4 is 0 Å². The van der Waals surface area contributed by atoms with Gasteiger partial charge in [-0.15, -0.1) is 11.8 Å². The zero-order valence-electron chi connectivity index (χ0n) is 14.2. The standard InChI is InChI=1S/C19H19N3O2S/c1-12-7-8-20-22(12)11-14-9-15(25-2)5-6-16(14)18(23)17-10-21-24-19(17)13-3-4-13/h5-10,13H,3-4,11H2,1-2H3. The van der Waals surface area contributed by atoms with Crippen molar-refractivity contribution < 1.29 is 9.32 Å². The molecule has 0 spiro atoms. The fourth-order valence-electron chi connectivity index (χ4n) is 2.98. The van der Waals surface area contributed by atoms with Gasteiger partial charge in [-0.05, 0) is 55.9 Å². The van der Waals surface area contributed by atoms with Crippen molar-refractivity contribution in [1.29, 1.82) is 0 Å². The lowest BCUT2D eigenvalue weighted by Crippen LogP contribution is -2.11. The largest absolute Gasteiger partial charge is 0.360 e. The van der Waals surface area contributed by atoms with E-state index >= 15 is 0 Å². The molecule has 0 N–H and O–H groups in total. The van der Waals surface area contributed by atoms with Crippen LogP contribution in [-0.2, 0) is 6.54 Å². The fraction of sp³-hybridized carbons (Fsp3) is 0.316. The summed E-state index contributed by atoms with van der Waals surface area (Å²) in [6, 6.07) is 7.93. The molecule has 128 valence electrons. The zero-order valence-corrected chi connectivity index (χ0v) is 15.0. The van der Waals surface area contributed by atoms with Crippen LogP contribution >= 0.6 is 11.8 Å². The van der Waals surface area contributed by atoms with Gasteiger partial charge < -0.3 is 4.52 Å². The molecule has 1 aliphatic rings. The average Bonchev–Trinajstić information content (AvgIpc) is 3.22. The van der Waals surface area contributed by atoms with Gasteiger partial charge >= 0.3 is 0 Å². The summed E-state index contributed by atoms with van der Waals surface area (Å²) in [6.45, 7) is 2.58. The van der Waals surface area contributed by atoms with Crippen LogP contribution in [0.4, 0.5) is 0 Å². The first kappa shape index (κ1) is 16.1. The first-order valence-corrected chi connectivity index (χ1v) is 9.54. The first-order valence-electron chi connectivity index (χ1n) is 8.32. The summed E-state index contributed by atoms with van der Waals surface area (Å²) in [6.07, 6.45) is 7.51. The van der Waals surface area contributed by atoms with Gasteiger partial charge in [0.05, 0.1) is 18.3 Å². The molecule has 25 heavy (non-hydrogen) atoms. The number of nitrogens with zero attached hydrogens (tertiary/aromatic N) is 3. The highest BCUT2D eigenvalue weighted by atomic mass is 32.2. The van der Waals surface area contributed by atoms with E-state index in [4.69, 9.17) is 4.52 Å². The molecule has 1 saturated carbocycles. The lowest BCUT2D eigenvalue weighted by Gasteiger charge is -2.12. The first-order chi connectivity index (χ1) is 12.2. The number of hydrogen-bond acceptors (Lipinski definition) is 5. The van der Waals surface area contributed by atoms with E-state index in [0.29, 0.717) is 23.6 Å². The van der Waals surface area contributed by atoms with Crippen molar-refractivity contribution in [2.45, 2.75) is 37.1 Å². The van der Waals surface area contributed by atoms with E-state index in [9.17, 15) is 4.79 Å². The SMILES string of the molecule is CSc1ccc(C(=O)c2cnoc2C2CC2)c(Cn2nccc2C)c1. The van der Waals surface area contributed by atoms with Gasteiger partial charge in [0.25, 0.3) is 0 Å². The highest BCUT2D eigenvalue weighted by molar-refractivity contribution is 7.98. The Morgan fingerprint density at radius 2 is 2.16 bits per heavy atom. The molecular formula is C19H19N3O2S. The molecule has 4 rings (SSSR count). The van der Waals surface area contributed by atoms with E-state index in [1.807, 2.05) is 36.1 Å². The third-order valence-electron chi connectivity index (χ3n) is 4.60. The van der Waals surface area contributed by atoms with Gasteiger partial charge in [-0.2, -0.15) is 5.10 Å². The minimum Gasteiger partial charge on any atom is -0.360 e. The van der Waals surface area contributed by atoms with Crippen LogP contribution in [0.25, 0.3) is 0 Å². The van der Waals surface area contributed by atoms with Gasteiger partial charge in [0, 0.05) is 28.3 Å². The van der Waals surface area contributed by atoms with Gasteiger partial charge in [0.2, 0.25) is 0 Å². The Balaban J connectivity index is 1.74. The lowest BCUT2D eigenvalue weighted by atomic mass is 9.97. The maximum Gasteiger partial charge on any atom is 0.198 e. The summed E-state index contributed by atoms with van der Waals surface area (Å²) >= 11 is 1.66. The molecule has 1 fully saturated rings. The Hall–Kier alpha value is -2.34. The molecular weight excluding hydrogens is 334 g/mol. The molecule has 0 bridgehead atoms. The van der Waals surface area contributed by atoms with E-state index < -0.39 is 0 Å². The Labute approximate surface area is 150 Å². The van der Waals surface area contributed by atoms with Crippen molar-refractivity contribution in [3.05, 3.63) is 64.8 Å². The molecule has 0 aliphatic heterocycles. The van der Waals surface area contributed by atoms with Gasteiger partial charge in [-0.25, -0.2) is 0 Å². The quantitative estimate of drug-likeness (QED) is 0.494. The number of aryl methyl sites for hydroxylation is 1. The zero-order chi connectivity index (χ0) is 17.4. The maximum atomic E-state index is 13.2. The summed E-state index contributed by atoms with van der Waals surface area (Å²) in [5.74, 6) is 1.07.